The van der Waals surface area contributed by atoms with E-state index >= 15 is 0 Å². The molecule has 2 amide bonds. The van der Waals surface area contributed by atoms with Gasteiger partial charge in [0.25, 0.3) is 5.82 Å². The van der Waals surface area contributed by atoms with Crippen molar-refractivity contribution in [3.05, 3.63) is 5.82 Å². The number of aromatic nitrogens is 3. The number of nitrogens with one attached hydrogen (secondary N) is 2. The molecule has 0 aliphatic carbocycles. The second kappa shape index (κ2) is 3.73. The number of amides is 2. The molecule has 0 saturated carbocycles. The first-order valence-corrected chi connectivity index (χ1v) is 3.67. The predicted molar refractivity (Wildman–Crippen MR) is 46.0 cm³/mol. The lowest BCUT2D eigenvalue weighted by molar-refractivity contribution is 0.0683. The number of carboxylic acids is 1. The van der Waals surface area contributed by atoms with E-state index in [1.165, 1.54) is 18.8 Å². The Morgan fingerprint density at radius 1 is 1.50 bits per heavy atom. The van der Waals surface area contributed by atoms with Crippen LogP contribution in [0.15, 0.2) is 0 Å². The molecule has 0 spiro atoms. The lowest BCUT2D eigenvalue weighted by atomic mass is 10.6. The van der Waals surface area contributed by atoms with Gasteiger partial charge in [-0.2, -0.15) is 4.98 Å². The summed E-state index contributed by atoms with van der Waals surface area (Å²) >= 11 is 0. The number of carboxylic acid groups (broad SMARTS) is 1. The van der Waals surface area contributed by atoms with E-state index in [-0.39, 0.29) is 11.8 Å². The maximum Gasteiger partial charge on any atom is 0.375 e. The average Bonchev–Trinajstić information content (AvgIpc) is 2.48. The number of rotatable bonds is 2. The normalized spacial score (nSPS) is 9.57. The molecule has 0 radical (unpaired) electrons. The highest BCUT2D eigenvalue weighted by molar-refractivity contribution is 5.88. The van der Waals surface area contributed by atoms with Crippen LogP contribution in [-0.4, -0.2) is 38.9 Å². The SMILES string of the molecule is CNC(=O)Nc1nc(C(=O)O)nn1C. The van der Waals surface area contributed by atoms with Gasteiger partial charge in [-0.1, -0.05) is 0 Å². The lowest BCUT2D eigenvalue weighted by Gasteiger charge is -2.00. The molecule has 1 aromatic heterocycles. The summed E-state index contributed by atoms with van der Waals surface area (Å²) in [6, 6.07) is -0.488. The van der Waals surface area contributed by atoms with Gasteiger partial charge in [0.05, 0.1) is 0 Å². The van der Waals surface area contributed by atoms with E-state index in [1.807, 2.05) is 0 Å². The van der Waals surface area contributed by atoms with Gasteiger partial charge >= 0.3 is 12.0 Å². The number of aromatic carboxylic acids is 1. The number of hydrogen-bond acceptors (Lipinski definition) is 4. The zero-order chi connectivity index (χ0) is 10.7. The highest BCUT2D eigenvalue weighted by Crippen LogP contribution is 2.02. The van der Waals surface area contributed by atoms with Crippen LogP contribution in [-0.2, 0) is 7.05 Å². The van der Waals surface area contributed by atoms with Crippen LogP contribution >= 0.6 is 0 Å². The van der Waals surface area contributed by atoms with Gasteiger partial charge in [0.15, 0.2) is 0 Å². The number of hydrogen-bond donors (Lipinski definition) is 3. The van der Waals surface area contributed by atoms with Crippen molar-refractivity contribution >= 4 is 17.9 Å². The van der Waals surface area contributed by atoms with Crippen molar-refractivity contribution in [1.29, 1.82) is 0 Å². The third kappa shape index (κ3) is 1.97. The molecule has 0 bridgehead atoms. The molecule has 1 rings (SSSR count). The van der Waals surface area contributed by atoms with E-state index in [4.69, 9.17) is 5.11 Å². The maximum atomic E-state index is 10.9. The molecule has 76 valence electrons. The molecule has 3 N–H and O–H groups in total. The van der Waals surface area contributed by atoms with Crippen molar-refractivity contribution in [3.8, 4) is 0 Å². The first kappa shape index (κ1) is 9.96. The van der Waals surface area contributed by atoms with E-state index in [0.29, 0.717) is 0 Å². The summed E-state index contributed by atoms with van der Waals surface area (Å²) in [5.74, 6) is -1.54. The van der Waals surface area contributed by atoms with E-state index in [1.54, 1.807) is 0 Å². The van der Waals surface area contributed by atoms with Crippen LogP contribution < -0.4 is 10.6 Å². The topological polar surface area (TPSA) is 109 Å². The second-order valence-corrected chi connectivity index (χ2v) is 2.39. The number of anilines is 1. The molecule has 0 aliphatic rings. The standard InChI is InChI=1S/C6H9N5O3/c1-7-6(14)9-5-8-3(4(12)13)10-11(5)2/h1-2H3,(H,12,13)(H2,7,8,9,10,14). The van der Waals surface area contributed by atoms with Crippen molar-refractivity contribution < 1.29 is 14.7 Å². The highest BCUT2D eigenvalue weighted by Gasteiger charge is 2.14. The predicted octanol–water partition coefficient (Wildman–Crippen LogP) is -0.735. The number of urea groups is 1. The van der Waals surface area contributed by atoms with Crippen molar-refractivity contribution in [3.63, 3.8) is 0 Å². The summed E-state index contributed by atoms with van der Waals surface area (Å²) in [6.07, 6.45) is 0. The lowest BCUT2D eigenvalue weighted by Crippen LogP contribution is -2.26. The van der Waals surface area contributed by atoms with E-state index in [9.17, 15) is 9.59 Å². The molecule has 0 aliphatic heterocycles. The Balaban J connectivity index is 2.88. The monoisotopic (exact) mass is 199 g/mol. The smallest absolute Gasteiger partial charge is 0.375 e. The minimum Gasteiger partial charge on any atom is -0.475 e. The Morgan fingerprint density at radius 2 is 2.14 bits per heavy atom. The van der Waals surface area contributed by atoms with Gasteiger partial charge in [-0.05, 0) is 0 Å². The Labute approximate surface area is 78.9 Å². The fourth-order valence-electron chi connectivity index (χ4n) is 0.748. The Hall–Kier alpha value is -2.12. The molecule has 1 aromatic rings. The average molecular weight is 199 g/mol. The van der Waals surface area contributed by atoms with E-state index < -0.39 is 12.0 Å². The number of aryl methyl sites for hydroxylation is 1. The minimum atomic E-state index is -1.24. The summed E-state index contributed by atoms with van der Waals surface area (Å²) in [6.45, 7) is 0. The van der Waals surface area contributed by atoms with Crippen LogP contribution in [0.2, 0.25) is 0 Å². The van der Waals surface area contributed by atoms with Crippen molar-refractivity contribution in [1.82, 2.24) is 20.1 Å². The van der Waals surface area contributed by atoms with E-state index in [0.717, 1.165) is 0 Å². The van der Waals surface area contributed by atoms with E-state index in [2.05, 4.69) is 20.7 Å². The number of nitrogens with zero attached hydrogens (tertiary/aromatic N) is 3. The number of carbonyl (C=O) groups is 2. The highest BCUT2D eigenvalue weighted by atomic mass is 16.4. The van der Waals surface area contributed by atoms with Gasteiger partial charge in [-0.25, -0.2) is 14.3 Å². The molecule has 0 atom stereocenters. The quantitative estimate of drug-likeness (QED) is 0.581. The van der Waals surface area contributed by atoms with Crippen LogP contribution in [0, 0.1) is 0 Å². The first-order valence-electron chi connectivity index (χ1n) is 3.67. The summed E-state index contributed by atoms with van der Waals surface area (Å²) in [5.41, 5.74) is 0. The molecular formula is C6H9N5O3. The zero-order valence-corrected chi connectivity index (χ0v) is 7.61. The van der Waals surface area contributed by atoms with Crippen molar-refractivity contribution in [2.75, 3.05) is 12.4 Å². The first-order chi connectivity index (χ1) is 6.54. The molecular weight excluding hydrogens is 190 g/mol. The summed E-state index contributed by atoms with van der Waals surface area (Å²) in [7, 11) is 2.91. The van der Waals surface area contributed by atoms with Crippen LogP contribution in [0.3, 0.4) is 0 Å². The summed E-state index contributed by atoms with van der Waals surface area (Å²) in [4.78, 5) is 24.9. The third-order valence-corrected chi connectivity index (χ3v) is 1.41. The molecule has 8 nitrogen and oxygen atoms in total. The zero-order valence-electron chi connectivity index (χ0n) is 7.61. The molecule has 0 unspecified atom stereocenters. The molecule has 0 fully saturated rings. The van der Waals surface area contributed by atoms with Crippen molar-refractivity contribution in [2.45, 2.75) is 0 Å². The minimum absolute atomic E-state index is 0.0711. The Morgan fingerprint density at radius 3 is 2.57 bits per heavy atom. The number of carbonyl (C=O) groups excluding carboxylic acids is 1. The Bertz CT molecular complexity index is 372. The summed E-state index contributed by atoms with van der Waals surface area (Å²) in [5, 5.41) is 16.7. The van der Waals surface area contributed by atoms with Crippen LogP contribution in [0.5, 0.6) is 0 Å². The fourth-order valence-corrected chi connectivity index (χ4v) is 0.748. The Kier molecular flexibility index (Phi) is 2.65. The summed E-state index contributed by atoms with van der Waals surface area (Å²) < 4.78 is 1.17. The fraction of sp³-hybridized carbons (Fsp3) is 0.333. The molecule has 0 saturated heterocycles. The van der Waals surface area contributed by atoms with Gasteiger partial charge < -0.3 is 10.4 Å². The van der Waals surface area contributed by atoms with Crippen LogP contribution in [0.25, 0.3) is 0 Å². The van der Waals surface area contributed by atoms with Gasteiger partial charge in [0, 0.05) is 14.1 Å². The molecule has 1 heterocycles. The maximum absolute atomic E-state index is 10.9. The van der Waals surface area contributed by atoms with Crippen molar-refractivity contribution in [2.24, 2.45) is 7.05 Å². The van der Waals surface area contributed by atoms with Gasteiger partial charge in [0.1, 0.15) is 0 Å². The molecule has 0 aromatic carbocycles. The van der Waals surface area contributed by atoms with Crippen LogP contribution in [0.4, 0.5) is 10.7 Å². The molecule has 14 heavy (non-hydrogen) atoms. The molecule has 8 heteroatoms. The largest absolute Gasteiger partial charge is 0.475 e. The third-order valence-electron chi connectivity index (χ3n) is 1.41. The van der Waals surface area contributed by atoms with Gasteiger partial charge in [0.2, 0.25) is 5.95 Å². The van der Waals surface area contributed by atoms with Crippen LogP contribution in [0.1, 0.15) is 10.6 Å². The van der Waals surface area contributed by atoms with Gasteiger partial charge in [-0.15, -0.1) is 5.10 Å². The second-order valence-electron chi connectivity index (χ2n) is 2.39. The van der Waals surface area contributed by atoms with Gasteiger partial charge in [-0.3, -0.25) is 5.32 Å².